The number of fused-ring (bicyclic) bond motifs is 3. The molecule has 0 saturated heterocycles. The van der Waals surface area contributed by atoms with Gasteiger partial charge in [0.1, 0.15) is 5.75 Å². The molecule has 4 heteroatoms. The van der Waals surface area contributed by atoms with Crippen LogP contribution in [-0.2, 0) is 10.2 Å². The van der Waals surface area contributed by atoms with Gasteiger partial charge < -0.3 is 14.9 Å². The number of rotatable bonds is 0. The number of aliphatic hydroxyl groups is 1. The number of Topliss-reactive ketones (excluding diaryl/α,β-unsaturated/α-hetero) is 1. The minimum absolute atomic E-state index is 0.0979. The third kappa shape index (κ3) is 1.54. The van der Waals surface area contributed by atoms with Crippen molar-refractivity contribution in [2.75, 3.05) is 6.61 Å². The van der Waals surface area contributed by atoms with E-state index >= 15 is 0 Å². The lowest BCUT2D eigenvalue weighted by Gasteiger charge is -2.43. The molecule has 0 bridgehead atoms. The second kappa shape index (κ2) is 4.39. The fourth-order valence-corrected chi connectivity index (χ4v) is 4.78. The van der Waals surface area contributed by atoms with Crippen molar-refractivity contribution in [1.82, 2.24) is 0 Å². The van der Waals surface area contributed by atoms with E-state index < -0.39 is 6.10 Å². The highest BCUT2D eigenvalue weighted by Crippen LogP contribution is 2.55. The minimum Gasteiger partial charge on any atom is -0.507 e. The van der Waals surface area contributed by atoms with Crippen LogP contribution in [0.25, 0.3) is 10.8 Å². The molecule has 3 aliphatic rings. The molecular weight excluding hydrogens is 304 g/mol. The molecule has 5 rings (SSSR count). The smallest absolute Gasteiger partial charge is 0.227 e. The standard InChI is InChI=1S/C20H18O4/c1-20-6-5-16(22)13-9-24-19(17(13)20)18(23)12-7-10-3-2-4-15(21)11(10)8-14(12)20/h2-4,7-8,13,16,21-22H,5-6,9H2,1H3/t13-,16-,20-/m0/s1. The molecule has 1 fully saturated rings. The average Bonchev–Trinajstić information content (AvgIpc) is 3.03. The van der Waals surface area contributed by atoms with Crippen LogP contribution in [0.15, 0.2) is 41.7 Å². The Labute approximate surface area is 139 Å². The van der Waals surface area contributed by atoms with E-state index in [1.165, 1.54) is 0 Å². The Morgan fingerprint density at radius 2 is 2.12 bits per heavy atom. The first-order chi connectivity index (χ1) is 11.5. The zero-order valence-electron chi connectivity index (χ0n) is 13.4. The van der Waals surface area contributed by atoms with Crippen LogP contribution in [0.3, 0.4) is 0 Å². The van der Waals surface area contributed by atoms with Crippen molar-refractivity contribution in [3.63, 3.8) is 0 Å². The van der Waals surface area contributed by atoms with Gasteiger partial charge in [0.2, 0.25) is 5.78 Å². The third-order valence-electron chi connectivity index (χ3n) is 6.06. The molecule has 24 heavy (non-hydrogen) atoms. The van der Waals surface area contributed by atoms with Crippen LogP contribution in [0.5, 0.6) is 5.75 Å². The molecule has 1 aliphatic heterocycles. The molecule has 0 aromatic heterocycles. The molecule has 122 valence electrons. The van der Waals surface area contributed by atoms with E-state index in [1.807, 2.05) is 18.2 Å². The summed E-state index contributed by atoms with van der Waals surface area (Å²) < 4.78 is 5.73. The van der Waals surface area contributed by atoms with E-state index in [2.05, 4.69) is 6.92 Å². The van der Waals surface area contributed by atoms with Gasteiger partial charge in [0.25, 0.3) is 0 Å². The average molecular weight is 322 g/mol. The van der Waals surface area contributed by atoms with Crippen molar-refractivity contribution in [1.29, 1.82) is 0 Å². The topological polar surface area (TPSA) is 66.8 Å². The van der Waals surface area contributed by atoms with Crippen LogP contribution < -0.4 is 0 Å². The Balaban J connectivity index is 1.84. The SMILES string of the molecule is C[C@@]12CC[C@H](O)[C@@H]3COC(=C31)C(=O)c1cc3cccc(O)c3cc12. The summed E-state index contributed by atoms with van der Waals surface area (Å²) in [5.41, 5.74) is 2.23. The largest absolute Gasteiger partial charge is 0.507 e. The van der Waals surface area contributed by atoms with Gasteiger partial charge in [-0.15, -0.1) is 0 Å². The lowest BCUT2D eigenvalue weighted by atomic mass is 9.59. The van der Waals surface area contributed by atoms with Gasteiger partial charge >= 0.3 is 0 Å². The van der Waals surface area contributed by atoms with Crippen LogP contribution in [0.4, 0.5) is 0 Å². The number of benzene rings is 2. The van der Waals surface area contributed by atoms with Crippen molar-refractivity contribution < 1.29 is 19.7 Å². The fourth-order valence-electron chi connectivity index (χ4n) is 4.78. The van der Waals surface area contributed by atoms with Gasteiger partial charge in [-0.1, -0.05) is 19.1 Å². The summed E-state index contributed by atoms with van der Waals surface area (Å²) >= 11 is 0. The number of aromatic hydroxyl groups is 1. The fraction of sp³-hybridized carbons (Fsp3) is 0.350. The number of ketones is 1. The summed E-state index contributed by atoms with van der Waals surface area (Å²) in [4.78, 5) is 13.0. The molecule has 0 amide bonds. The molecule has 4 nitrogen and oxygen atoms in total. The molecule has 0 radical (unpaired) electrons. The summed E-state index contributed by atoms with van der Waals surface area (Å²) in [5.74, 6) is 0.463. The van der Waals surface area contributed by atoms with Crippen LogP contribution in [0.1, 0.15) is 35.7 Å². The number of allylic oxidation sites excluding steroid dienone is 1. The second-order valence-corrected chi connectivity index (χ2v) is 7.32. The Kier molecular flexibility index (Phi) is 2.57. The molecule has 2 aromatic carbocycles. The molecular formula is C20H18O4. The number of carbonyl (C=O) groups is 1. The molecule has 2 aromatic rings. The Hall–Kier alpha value is -2.33. The van der Waals surface area contributed by atoms with Crippen LogP contribution in [-0.4, -0.2) is 28.7 Å². The van der Waals surface area contributed by atoms with Gasteiger partial charge in [-0.25, -0.2) is 0 Å². The number of carbonyl (C=O) groups excluding carboxylic acids is 1. The lowest BCUT2D eigenvalue weighted by molar-refractivity contribution is 0.0631. The van der Waals surface area contributed by atoms with Crippen molar-refractivity contribution in [3.05, 3.63) is 52.8 Å². The van der Waals surface area contributed by atoms with Crippen molar-refractivity contribution >= 4 is 16.6 Å². The predicted octanol–water partition coefficient (Wildman–Crippen LogP) is 3.05. The maximum Gasteiger partial charge on any atom is 0.227 e. The van der Waals surface area contributed by atoms with Crippen molar-refractivity contribution in [2.24, 2.45) is 5.92 Å². The summed E-state index contributed by atoms with van der Waals surface area (Å²) in [6, 6.07) is 9.16. The summed E-state index contributed by atoms with van der Waals surface area (Å²) in [6.07, 6.45) is 1.01. The number of phenols is 1. The van der Waals surface area contributed by atoms with Gasteiger partial charge in [-0.2, -0.15) is 0 Å². The maximum atomic E-state index is 13.0. The molecule has 2 N–H and O–H groups in total. The molecule has 0 unspecified atom stereocenters. The Morgan fingerprint density at radius 3 is 2.96 bits per heavy atom. The Bertz CT molecular complexity index is 942. The first-order valence-corrected chi connectivity index (χ1v) is 8.37. The van der Waals surface area contributed by atoms with E-state index in [0.29, 0.717) is 24.4 Å². The van der Waals surface area contributed by atoms with Gasteiger partial charge in [-0.3, -0.25) is 4.79 Å². The van der Waals surface area contributed by atoms with E-state index in [0.717, 1.165) is 28.3 Å². The third-order valence-corrected chi connectivity index (χ3v) is 6.06. The summed E-state index contributed by atoms with van der Waals surface area (Å²) in [7, 11) is 0. The lowest BCUT2D eigenvalue weighted by Crippen LogP contribution is -2.43. The van der Waals surface area contributed by atoms with Gasteiger partial charge in [0.15, 0.2) is 5.76 Å². The maximum absolute atomic E-state index is 13.0. The van der Waals surface area contributed by atoms with Gasteiger partial charge in [0.05, 0.1) is 12.7 Å². The highest BCUT2D eigenvalue weighted by molar-refractivity contribution is 6.13. The van der Waals surface area contributed by atoms with E-state index in [1.54, 1.807) is 12.1 Å². The number of phenolic OH excluding ortho intramolecular Hbond substituents is 1. The zero-order valence-corrected chi connectivity index (χ0v) is 13.4. The molecule has 2 aliphatic carbocycles. The van der Waals surface area contributed by atoms with Crippen LogP contribution in [0, 0.1) is 5.92 Å². The van der Waals surface area contributed by atoms with Gasteiger partial charge in [-0.05, 0) is 47.6 Å². The van der Waals surface area contributed by atoms with Crippen molar-refractivity contribution in [3.8, 4) is 5.75 Å². The molecule has 3 atom stereocenters. The number of hydrogen-bond acceptors (Lipinski definition) is 4. The second-order valence-electron chi connectivity index (χ2n) is 7.32. The van der Waals surface area contributed by atoms with Crippen LogP contribution >= 0.6 is 0 Å². The van der Waals surface area contributed by atoms with Gasteiger partial charge in [0, 0.05) is 22.3 Å². The Morgan fingerprint density at radius 1 is 1.29 bits per heavy atom. The van der Waals surface area contributed by atoms with E-state index in [4.69, 9.17) is 4.74 Å². The summed E-state index contributed by atoms with van der Waals surface area (Å²) in [5, 5.41) is 22.2. The van der Waals surface area contributed by atoms with Crippen LogP contribution in [0.2, 0.25) is 0 Å². The number of hydrogen-bond donors (Lipinski definition) is 2. The number of aliphatic hydroxyl groups excluding tert-OH is 1. The van der Waals surface area contributed by atoms with E-state index in [-0.39, 0.29) is 22.9 Å². The molecule has 1 saturated carbocycles. The quantitative estimate of drug-likeness (QED) is 0.782. The first-order valence-electron chi connectivity index (χ1n) is 8.37. The monoisotopic (exact) mass is 322 g/mol. The molecule has 1 heterocycles. The zero-order chi connectivity index (χ0) is 16.6. The predicted molar refractivity (Wildman–Crippen MR) is 89.0 cm³/mol. The minimum atomic E-state index is -0.450. The normalized spacial score (nSPS) is 31.0. The molecule has 0 spiro atoms. The highest BCUT2D eigenvalue weighted by Gasteiger charge is 2.53. The van der Waals surface area contributed by atoms with Crippen molar-refractivity contribution in [2.45, 2.75) is 31.3 Å². The number of ether oxygens (including phenoxy) is 1. The van der Waals surface area contributed by atoms with E-state index in [9.17, 15) is 15.0 Å². The summed E-state index contributed by atoms with van der Waals surface area (Å²) in [6.45, 7) is 2.51. The highest BCUT2D eigenvalue weighted by atomic mass is 16.5. The first kappa shape index (κ1) is 14.1.